The molecule has 2 aromatic carbocycles. The smallest absolute Gasteiger partial charge is 0.184 e. The van der Waals surface area contributed by atoms with Gasteiger partial charge in [-0.2, -0.15) is 0 Å². The molecule has 0 radical (unpaired) electrons. The molecule has 0 aliphatic carbocycles. The van der Waals surface area contributed by atoms with E-state index in [1.165, 1.54) is 13.2 Å². The van der Waals surface area contributed by atoms with Crippen LogP contribution in [0.25, 0.3) is 0 Å². The molecule has 0 aromatic heterocycles. The first kappa shape index (κ1) is 15.3. The monoisotopic (exact) mass is 309 g/mol. The molecule has 21 heavy (non-hydrogen) atoms. The number of benzene rings is 2. The number of hydrogen-bond donors (Lipinski definition) is 1. The Kier molecular flexibility index (Phi) is 4.18. The summed E-state index contributed by atoms with van der Waals surface area (Å²) in [5.74, 6) is -0.335. The van der Waals surface area contributed by atoms with Gasteiger partial charge in [0, 0.05) is 5.56 Å². The van der Waals surface area contributed by atoms with Crippen LogP contribution in [0.4, 0.5) is 10.1 Å². The van der Waals surface area contributed by atoms with Crippen molar-refractivity contribution >= 4 is 15.5 Å². The lowest BCUT2D eigenvalue weighted by atomic mass is 10.1. The van der Waals surface area contributed by atoms with Gasteiger partial charge in [0.2, 0.25) is 0 Å². The zero-order chi connectivity index (χ0) is 15.6. The molecule has 0 atom stereocenters. The SMILES string of the molecule is COc1ccc(C)cc1CS(=O)(=O)c1ccc(F)cc1N. The minimum atomic E-state index is -3.68. The third kappa shape index (κ3) is 3.33. The quantitative estimate of drug-likeness (QED) is 0.696. The highest BCUT2D eigenvalue weighted by atomic mass is 32.2. The van der Waals surface area contributed by atoms with Crippen LogP contribution < -0.4 is 10.5 Å². The lowest BCUT2D eigenvalue weighted by Crippen LogP contribution is -2.09. The first-order valence-corrected chi connectivity index (χ1v) is 7.90. The van der Waals surface area contributed by atoms with E-state index in [4.69, 9.17) is 10.5 Å². The third-order valence-corrected chi connectivity index (χ3v) is 4.82. The highest BCUT2D eigenvalue weighted by Gasteiger charge is 2.21. The Labute approximate surface area is 123 Å². The molecular weight excluding hydrogens is 293 g/mol. The largest absolute Gasteiger partial charge is 0.496 e. The van der Waals surface area contributed by atoms with Crippen LogP contribution in [0.5, 0.6) is 5.75 Å². The first-order valence-electron chi connectivity index (χ1n) is 6.25. The van der Waals surface area contributed by atoms with Gasteiger partial charge in [-0.15, -0.1) is 0 Å². The van der Waals surface area contributed by atoms with Gasteiger partial charge in [0.25, 0.3) is 0 Å². The van der Waals surface area contributed by atoms with Crippen LogP contribution in [0.2, 0.25) is 0 Å². The molecule has 2 rings (SSSR count). The van der Waals surface area contributed by atoms with Crippen molar-refractivity contribution in [1.82, 2.24) is 0 Å². The lowest BCUT2D eigenvalue weighted by Gasteiger charge is -2.11. The second-order valence-corrected chi connectivity index (χ2v) is 6.71. The van der Waals surface area contributed by atoms with Crippen LogP contribution in [0, 0.1) is 12.7 Å². The summed E-state index contributed by atoms with van der Waals surface area (Å²) < 4.78 is 43.1. The van der Waals surface area contributed by atoms with Gasteiger partial charge in [-0.3, -0.25) is 0 Å². The van der Waals surface area contributed by atoms with Crippen molar-refractivity contribution in [3.8, 4) is 5.75 Å². The summed E-state index contributed by atoms with van der Waals surface area (Å²) in [4.78, 5) is -0.0764. The molecular formula is C15H16FNO3S. The molecule has 2 N–H and O–H groups in total. The van der Waals surface area contributed by atoms with Crippen molar-refractivity contribution < 1.29 is 17.5 Å². The Morgan fingerprint density at radius 1 is 1.19 bits per heavy atom. The van der Waals surface area contributed by atoms with Crippen LogP contribution >= 0.6 is 0 Å². The summed E-state index contributed by atoms with van der Waals surface area (Å²) in [6.07, 6.45) is 0. The van der Waals surface area contributed by atoms with Crippen molar-refractivity contribution in [2.75, 3.05) is 12.8 Å². The molecule has 4 nitrogen and oxygen atoms in total. The molecule has 112 valence electrons. The van der Waals surface area contributed by atoms with Crippen LogP contribution in [0.3, 0.4) is 0 Å². The van der Waals surface area contributed by atoms with Gasteiger partial charge in [-0.1, -0.05) is 17.7 Å². The number of nitrogens with two attached hydrogens (primary N) is 1. The predicted molar refractivity (Wildman–Crippen MR) is 79.4 cm³/mol. The Balaban J connectivity index is 2.44. The number of halogens is 1. The number of nitrogen functional groups attached to an aromatic ring is 1. The molecule has 0 heterocycles. The Morgan fingerprint density at radius 2 is 1.90 bits per heavy atom. The van der Waals surface area contributed by atoms with Gasteiger partial charge in [0.1, 0.15) is 11.6 Å². The number of aryl methyl sites for hydroxylation is 1. The normalized spacial score (nSPS) is 11.4. The number of hydrogen-bond acceptors (Lipinski definition) is 4. The van der Waals surface area contributed by atoms with E-state index in [9.17, 15) is 12.8 Å². The predicted octanol–water partition coefficient (Wildman–Crippen LogP) is 2.70. The van der Waals surface area contributed by atoms with Crippen molar-refractivity contribution in [2.45, 2.75) is 17.6 Å². The van der Waals surface area contributed by atoms with E-state index in [1.54, 1.807) is 12.1 Å². The maximum Gasteiger partial charge on any atom is 0.184 e. The molecule has 0 amide bonds. The van der Waals surface area contributed by atoms with Crippen LogP contribution in [-0.4, -0.2) is 15.5 Å². The maximum absolute atomic E-state index is 13.0. The Hall–Kier alpha value is -2.08. The van der Waals surface area contributed by atoms with Gasteiger partial charge < -0.3 is 10.5 Å². The van der Waals surface area contributed by atoms with Gasteiger partial charge in [-0.25, -0.2) is 12.8 Å². The zero-order valence-electron chi connectivity index (χ0n) is 11.8. The average molecular weight is 309 g/mol. The first-order chi connectivity index (χ1) is 9.83. The standard InChI is InChI=1S/C15H16FNO3S/c1-10-3-5-14(20-2)11(7-10)9-21(18,19)15-6-4-12(16)8-13(15)17/h3-8H,9,17H2,1-2H3. The minimum absolute atomic E-state index is 0.0764. The number of anilines is 1. The highest BCUT2D eigenvalue weighted by molar-refractivity contribution is 7.90. The van der Waals surface area contributed by atoms with Gasteiger partial charge in [0.15, 0.2) is 9.84 Å². The molecule has 0 spiro atoms. The molecule has 6 heteroatoms. The molecule has 0 aliphatic heterocycles. The van der Waals surface area contributed by atoms with E-state index in [1.807, 2.05) is 13.0 Å². The zero-order valence-corrected chi connectivity index (χ0v) is 12.6. The molecule has 0 bridgehead atoms. The molecule has 0 fully saturated rings. The third-order valence-electron chi connectivity index (χ3n) is 3.09. The minimum Gasteiger partial charge on any atom is -0.496 e. The van der Waals surface area contributed by atoms with Crippen molar-refractivity contribution in [3.63, 3.8) is 0 Å². The fraction of sp³-hybridized carbons (Fsp3) is 0.200. The second-order valence-electron chi connectivity index (χ2n) is 4.76. The molecule has 0 unspecified atom stereocenters. The van der Waals surface area contributed by atoms with Gasteiger partial charge >= 0.3 is 0 Å². The van der Waals surface area contributed by atoms with Crippen molar-refractivity contribution in [1.29, 1.82) is 0 Å². The molecule has 2 aromatic rings. The van der Waals surface area contributed by atoms with Gasteiger partial charge in [0.05, 0.1) is 23.4 Å². The Morgan fingerprint density at radius 3 is 2.52 bits per heavy atom. The van der Waals surface area contributed by atoms with Crippen molar-refractivity contribution in [2.24, 2.45) is 0 Å². The summed E-state index contributed by atoms with van der Waals surface area (Å²) in [5.41, 5.74) is 6.98. The molecule has 0 saturated heterocycles. The average Bonchev–Trinajstić information content (AvgIpc) is 2.37. The van der Waals surface area contributed by atoms with E-state index < -0.39 is 15.7 Å². The fourth-order valence-electron chi connectivity index (χ4n) is 2.11. The summed E-state index contributed by atoms with van der Waals surface area (Å²) in [5, 5.41) is 0. The van der Waals surface area contributed by atoms with E-state index in [0.29, 0.717) is 11.3 Å². The number of sulfone groups is 1. The van der Waals surface area contributed by atoms with E-state index in [2.05, 4.69) is 0 Å². The summed E-state index contributed by atoms with van der Waals surface area (Å²) in [6, 6.07) is 8.56. The summed E-state index contributed by atoms with van der Waals surface area (Å²) in [6.45, 7) is 1.86. The van der Waals surface area contributed by atoms with Crippen LogP contribution in [0.15, 0.2) is 41.3 Å². The number of rotatable bonds is 4. The van der Waals surface area contributed by atoms with E-state index in [0.717, 1.165) is 17.7 Å². The molecule has 0 aliphatic rings. The summed E-state index contributed by atoms with van der Waals surface area (Å²) in [7, 11) is -2.20. The van der Waals surface area contributed by atoms with Gasteiger partial charge in [-0.05, 0) is 31.2 Å². The molecule has 0 saturated carbocycles. The van der Waals surface area contributed by atoms with Crippen LogP contribution in [-0.2, 0) is 15.6 Å². The van der Waals surface area contributed by atoms with Crippen LogP contribution in [0.1, 0.15) is 11.1 Å². The topological polar surface area (TPSA) is 69.4 Å². The Bertz CT molecular complexity index is 772. The maximum atomic E-state index is 13.0. The number of ether oxygens (including phenoxy) is 1. The van der Waals surface area contributed by atoms with E-state index in [-0.39, 0.29) is 16.3 Å². The lowest BCUT2D eigenvalue weighted by molar-refractivity contribution is 0.411. The summed E-state index contributed by atoms with van der Waals surface area (Å²) >= 11 is 0. The second kappa shape index (κ2) is 5.73. The highest BCUT2D eigenvalue weighted by Crippen LogP contribution is 2.27. The number of methoxy groups -OCH3 is 1. The van der Waals surface area contributed by atoms with E-state index >= 15 is 0 Å². The van der Waals surface area contributed by atoms with Crippen molar-refractivity contribution in [3.05, 3.63) is 53.3 Å². The fourth-order valence-corrected chi connectivity index (χ4v) is 3.59.